The number of hydrogen-bond acceptors (Lipinski definition) is 3. The molecule has 0 saturated heterocycles. The number of rotatable bonds is 4. The van der Waals surface area contributed by atoms with E-state index in [1.54, 1.807) is 0 Å². The van der Waals surface area contributed by atoms with Crippen molar-refractivity contribution in [3.63, 3.8) is 0 Å². The van der Waals surface area contributed by atoms with E-state index in [4.69, 9.17) is 21.4 Å². The van der Waals surface area contributed by atoms with Gasteiger partial charge in [-0.05, 0) is 18.9 Å². The van der Waals surface area contributed by atoms with E-state index in [9.17, 15) is 5.11 Å². The Kier molecular flexibility index (Phi) is 4.26. The van der Waals surface area contributed by atoms with Gasteiger partial charge in [-0.25, -0.2) is 0 Å². The van der Waals surface area contributed by atoms with Gasteiger partial charge in [0.15, 0.2) is 0 Å². The van der Waals surface area contributed by atoms with Crippen LogP contribution >= 0.6 is 11.6 Å². The highest BCUT2D eigenvalue weighted by Crippen LogP contribution is 2.31. The molecule has 3 atom stereocenters. The van der Waals surface area contributed by atoms with Crippen LogP contribution in [-0.4, -0.2) is 28.3 Å². The van der Waals surface area contributed by atoms with Gasteiger partial charge in [0.1, 0.15) is 5.75 Å². The summed E-state index contributed by atoms with van der Waals surface area (Å²) in [6, 6.07) is 7.37. The largest absolute Gasteiger partial charge is 0.493 e. The Balaban J connectivity index is 1.93. The maximum absolute atomic E-state index is 9.75. The van der Waals surface area contributed by atoms with E-state index < -0.39 is 0 Å². The molecule has 0 heterocycles. The Morgan fingerprint density at radius 3 is 2.71 bits per heavy atom. The molecular formula is C13H17ClO3. The molecule has 0 unspecified atom stereocenters. The van der Waals surface area contributed by atoms with Gasteiger partial charge in [0.05, 0.1) is 19.3 Å². The zero-order valence-electron chi connectivity index (χ0n) is 9.55. The van der Waals surface area contributed by atoms with Gasteiger partial charge in [0.25, 0.3) is 0 Å². The summed E-state index contributed by atoms with van der Waals surface area (Å²) >= 11 is 5.99. The summed E-state index contributed by atoms with van der Waals surface area (Å²) in [6.45, 7) is 0.406. The highest BCUT2D eigenvalue weighted by atomic mass is 35.5. The summed E-state index contributed by atoms with van der Waals surface area (Å²) < 4.78 is 5.65. The van der Waals surface area contributed by atoms with Crippen LogP contribution in [0.1, 0.15) is 18.4 Å². The van der Waals surface area contributed by atoms with Crippen LogP contribution in [0.3, 0.4) is 0 Å². The van der Waals surface area contributed by atoms with Gasteiger partial charge in [-0.1, -0.05) is 18.2 Å². The highest BCUT2D eigenvalue weighted by molar-refractivity contribution is 6.20. The minimum absolute atomic E-state index is 0.0402. The van der Waals surface area contributed by atoms with E-state index in [-0.39, 0.29) is 24.0 Å². The fourth-order valence-corrected chi connectivity index (χ4v) is 2.60. The first-order chi connectivity index (χ1) is 8.20. The molecule has 0 amide bonds. The van der Waals surface area contributed by atoms with Crippen molar-refractivity contribution >= 4 is 11.6 Å². The van der Waals surface area contributed by atoms with Gasteiger partial charge in [0.2, 0.25) is 0 Å². The average molecular weight is 257 g/mol. The number of alkyl halides is 1. The molecule has 94 valence electrons. The molecule has 1 aromatic carbocycles. The van der Waals surface area contributed by atoms with Crippen LogP contribution in [0.2, 0.25) is 0 Å². The number of aliphatic hydroxyl groups is 2. The maximum Gasteiger partial charge on any atom is 0.124 e. The molecular weight excluding hydrogens is 240 g/mol. The molecule has 3 nitrogen and oxygen atoms in total. The quantitative estimate of drug-likeness (QED) is 0.810. The van der Waals surface area contributed by atoms with Crippen LogP contribution in [0.15, 0.2) is 24.3 Å². The molecule has 1 aliphatic carbocycles. The molecule has 0 radical (unpaired) electrons. The normalized spacial score (nSPS) is 28.3. The molecule has 0 bridgehead atoms. The lowest BCUT2D eigenvalue weighted by Gasteiger charge is -2.16. The van der Waals surface area contributed by atoms with Crippen molar-refractivity contribution in [2.24, 2.45) is 5.92 Å². The van der Waals surface area contributed by atoms with Gasteiger partial charge in [-0.2, -0.15) is 0 Å². The summed E-state index contributed by atoms with van der Waals surface area (Å²) in [6.07, 6.45) is 1.04. The van der Waals surface area contributed by atoms with Crippen LogP contribution in [-0.2, 0) is 6.61 Å². The number of aliphatic hydroxyl groups excluding tert-OH is 2. The summed E-state index contributed by atoms with van der Waals surface area (Å²) in [5.41, 5.74) is 0.766. The number of hydrogen-bond donors (Lipinski definition) is 2. The fourth-order valence-electron chi connectivity index (χ4n) is 2.19. The minimum Gasteiger partial charge on any atom is -0.493 e. The summed E-state index contributed by atoms with van der Waals surface area (Å²) in [5.74, 6) is 0.768. The van der Waals surface area contributed by atoms with Crippen LogP contribution in [0.5, 0.6) is 5.75 Å². The van der Waals surface area contributed by atoms with E-state index in [1.807, 2.05) is 24.3 Å². The monoisotopic (exact) mass is 256 g/mol. The molecule has 1 fully saturated rings. The van der Waals surface area contributed by atoms with Crippen molar-refractivity contribution in [3.05, 3.63) is 29.8 Å². The molecule has 0 spiro atoms. The SMILES string of the molecule is OCc1ccccc1OC[C@@H]1C[C@H](Cl)C[C@H]1O. The molecule has 2 N–H and O–H groups in total. The van der Waals surface area contributed by atoms with Crippen molar-refractivity contribution in [3.8, 4) is 5.75 Å². The summed E-state index contributed by atoms with van der Waals surface area (Å²) in [4.78, 5) is 0. The molecule has 0 aliphatic heterocycles. The molecule has 2 rings (SSSR count). The van der Waals surface area contributed by atoms with E-state index in [2.05, 4.69) is 0 Å². The lowest BCUT2D eigenvalue weighted by molar-refractivity contribution is 0.0977. The van der Waals surface area contributed by atoms with E-state index in [0.717, 1.165) is 12.0 Å². The first-order valence-electron chi connectivity index (χ1n) is 5.84. The lowest BCUT2D eigenvalue weighted by atomic mass is 10.1. The third kappa shape index (κ3) is 3.12. The molecule has 1 saturated carbocycles. The maximum atomic E-state index is 9.75. The second kappa shape index (κ2) is 5.71. The minimum atomic E-state index is -0.376. The van der Waals surface area contributed by atoms with Crippen molar-refractivity contribution < 1.29 is 14.9 Å². The predicted molar refractivity (Wildman–Crippen MR) is 66.2 cm³/mol. The second-order valence-corrected chi connectivity index (χ2v) is 5.09. The molecule has 17 heavy (non-hydrogen) atoms. The zero-order valence-corrected chi connectivity index (χ0v) is 10.3. The Labute approximate surface area is 106 Å². The first-order valence-corrected chi connectivity index (χ1v) is 6.28. The summed E-state index contributed by atoms with van der Waals surface area (Å²) in [5, 5.41) is 19.0. The van der Waals surface area contributed by atoms with Gasteiger partial charge < -0.3 is 14.9 Å². The van der Waals surface area contributed by atoms with Crippen molar-refractivity contribution in [2.75, 3.05) is 6.61 Å². The predicted octanol–water partition coefficient (Wildman–Crippen LogP) is 1.94. The third-order valence-electron chi connectivity index (χ3n) is 3.20. The average Bonchev–Trinajstić information content (AvgIpc) is 2.65. The molecule has 1 aliphatic rings. The van der Waals surface area contributed by atoms with Crippen LogP contribution < -0.4 is 4.74 Å². The Hall–Kier alpha value is -0.770. The standard InChI is InChI=1S/C13H17ClO3/c14-11-5-10(12(16)6-11)8-17-13-4-2-1-3-9(13)7-15/h1-4,10-12,15-16H,5-8H2/t10-,11-,12+/m0/s1. The number of benzene rings is 1. The number of ether oxygens (including phenoxy) is 1. The molecule has 1 aromatic rings. The van der Waals surface area contributed by atoms with Gasteiger partial charge >= 0.3 is 0 Å². The third-order valence-corrected chi connectivity index (χ3v) is 3.55. The van der Waals surface area contributed by atoms with Crippen molar-refractivity contribution in [2.45, 2.75) is 30.9 Å². The fraction of sp³-hybridized carbons (Fsp3) is 0.538. The lowest BCUT2D eigenvalue weighted by Crippen LogP contribution is -2.20. The number of para-hydroxylation sites is 1. The van der Waals surface area contributed by atoms with Gasteiger partial charge in [-0.3, -0.25) is 0 Å². The van der Waals surface area contributed by atoms with Gasteiger partial charge in [-0.15, -0.1) is 11.6 Å². The highest BCUT2D eigenvalue weighted by Gasteiger charge is 2.32. The van der Waals surface area contributed by atoms with Crippen LogP contribution in [0, 0.1) is 5.92 Å². The van der Waals surface area contributed by atoms with E-state index in [0.29, 0.717) is 18.8 Å². The van der Waals surface area contributed by atoms with Crippen molar-refractivity contribution in [1.82, 2.24) is 0 Å². The Bertz CT molecular complexity index is 369. The number of halogens is 1. The first kappa shape index (κ1) is 12.7. The summed E-state index contributed by atoms with van der Waals surface area (Å²) in [7, 11) is 0. The zero-order chi connectivity index (χ0) is 12.3. The van der Waals surface area contributed by atoms with E-state index in [1.165, 1.54) is 0 Å². The van der Waals surface area contributed by atoms with Gasteiger partial charge in [0, 0.05) is 16.9 Å². The van der Waals surface area contributed by atoms with Crippen LogP contribution in [0.25, 0.3) is 0 Å². The Morgan fingerprint density at radius 2 is 2.06 bits per heavy atom. The molecule has 0 aromatic heterocycles. The smallest absolute Gasteiger partial charge is 0.124 e. The second-order valence-electron chi connectivity index (χ2n) is 4.47. The van der Waals surface area contributed by atoms with Crippen molar-refractivity contribution in [1.29, 1.82) is 0 Å². The topological polar surface area (TPSA) is 49.7 Å². The van der Waals surface area contributed by atoms with Crippen LogP contribution in [0.4, 0.5) is 0 Å². The molecule has 4 heteroatoms. The van der Waals surface area contributed by atoms with E-state index >= 15 is 0 Å². The Morgan fingerprint density at radius 1 is 1.29 bits per heavy atom.